The largest absolute Gasteiger partial charge is 0.497 e. The van der Waals surface area contributed by atoms with E-state index in [0.29, 0.717) is 11.8 Å². The number of hydrogen-bond donors (Lipinski definition) is 1. The third kappa shape index (κ3) is 2.15. The molecule has 0 amide bonds. The fraction of sp³-hybridized carbons (Fsp3) is 0.550. The van der Waals surface area contributed by atoms with Crippen molar-refractivity contribution in [1.29, 1.82) is 0 Å². The molecule has 1 unspecified atom stereocenters. The quantitative estimate of drug-likeness (QED) is 0.854. The summed E-state index contributed by atoms with van der Waals surface area (Å²) in [6.07, 6.45) is 3.16. The summed E-state index contributed by atoms with van der Waals surface area (Å²) in [5, 5.41) is 1.26. The molecule has 1 aliphatic carbocycles. The zero-order valence-corrected chi connectivity index (χ0v) is 14.7. The number of hydrogen-bond acceptors (Lipinski definition) is 4. The van der Waals surface area contributed by atoms with Crippen molar-refractivity contribution in [2.24, 2.45) is 11.8 Å². The smallest absolute Gasteiger partial charge is 0.310 e. The number of H-pyrrole nitrogens is 1. The lowest BCUT2D eigenvalue weighted by Crippen LogP contribution is -2.58. The Morgan fingerprint density at radius 1 is 1.28 bits per heavy atom. The first-order valence-electron chi connectivity index (χ1n) is 9.20. The van der Waals surface area contributed by atoms with Crippen molar-refractivity contribution in [1.82, 2.24) is 9.88 Å². The Bertz CT molecular complexity index is 843. The van der Waals surface area contributed by atoms with Crippen LogP contribution in [0.5, 0.6) is 5.75 Å². The number of methoxy groups -OCH3 is 2. The molecule has 4 bridgehead atoms. The van der Waals surface area contributed by atoms with E-state index in [1.807, 2.05) is 6.07 Å². The van der Waals surface area contributed by atoms with Gasteiger partial charge in [0.2, 0.25) is 0 Å². The third-order valence-corrected chi connectivity index (χ3v) is 6.56. The molecular weight excluding hydrogens is 316 g/mol. The molecule has 2 aromatic rings. The van der Waals surface area contributed by atoms with E-state index in [0.717, 1.165) is 31.7 Å². The Labute approximate surface area is 147 Å². The van der Waals surface area contributed by atoms with Crippen molar-refractivity contribution < 1.29 is 14.3 Å². The van der Waals surface area contributed by atoms with Crippen molar-refractivity contribution in [3.63, 3.8) is 0 Å². The van der Waals surface area contributed by atoms with Gasteiger partial charge in [0.25, 0.3) is 0 Å². The van der Waals surface area contributed by atoms with Gasteiger partial charge in [-0.2, -0.15) is 0 Å². The molecule has 5 atom stereocenters. The topological polar surface area (TPSA) is 54.6 Å². The van der Waals surface area contributed by atoms with E-state index in [2.05, 4.69) is 22.0 Å². The third-order valence-electron chi connectivity index (χ3n) is 6.56. The van der Waals surface area contributed by atoms with Gasteiger partial charge < -0.3 is 14.5 Å². The first kappa shape index (κ1) is 15.3. The lowest BCUT2D eigenvalue weighted by molar-refractivity contribution is -0.154. The number of aromatic nitrogens is 1. The maximum atomic E-state index is 12.4. The first-order valence-corrected chi connectivity index (χ1v) is 9.20. The van der Waals surface area contributed by atoms with Gasteiger partial charge in [0.15, 0.2) is 0 Å². The average molecular weight is 340 g/mol. The van der Waals surface area contributed by atoms with Crippen molar-refractivity contribution in [2.45, 2.75) is 31.2 Å². The number of fused-ring (bicyclic) bond motifs is 4. The monoisotopic (exact) mass is 340 g/mol. The number of rotatable bonds is 2. The van der Waals surface area contributed by atoms with E-state index in [1.54, 1.807) is 7.11 Å². The van der Waals surface area contributed by atoms with Gasteiger partial charge in [0.05, 0.1) is 20.1 Å². The second kappa shape index (κ2) is 5.49. The Morgan fingerprint density at radius 2 is 2.16 bits per heavy atom. The maximum Gasteiger partial charge on any atom is 0.310 e. The van der Waals surface area contributed by atoms with Gasteiger partial charge in [-0.05, 0) is 42.5 Å². The predicted octanol–water partition coefficient (Wildman–Crippen LogP) is 2.70. The summed E-state index contributed by atoms with van der Waals surface area (Å²) in [6, 6.07) is 6.54. The molecule has 3 fully saturated rings. The van der Waals surface area contributed by atoms with E-state index in [-0.39, 0.29) is 17.9 Å². The van der Waals surface area contributed by atoms with E-state index in [4.69, 9.17) is 9.47 Å². The highest BCUT2D eigenvalue weighted by molar-refractivity contribution is 5.87. The molecule has 5 heteroatoms. The summed E-state index contributed by atoms with van der Waals surface area (Å²) in [6.45, 7) is 2.14. The summed E-state index contributed by atoms with van der Waals surface area (Å²) in [5.41, 5.74) is 3.93. The Kier molecular flexibility index (Phi) is 3.35. The minimum absolute atomic E-state index is 0.00371. The summed E-state index contributed by atoms with van der Waals surface area (Å²) in [7, 11) is 3.23. The van der Waals surface area contributed by atoms with Gasteiger partial charge in [0.1, 0.15) is 5.75 Å². The minimum atomic E-state index is -0.0368. The van der Waals surface area contributed by atoms with E-state index in [1.165, 1.54) is 35.7 Å². The van der Waals surface area contributed by atoms with Gasteiger partial charge >= 0.3 is 5.97 Å². The fourth-order valence-electron chi connectivity index (χ4n) is 5.65. The van der Waals surface area contributed by atoms with E-state index < -0.39 is 0 Å². The molecule has 1 aromatic carbocycles. The summed E-state index contributed by atoms with van der Waals surface area (Å²) in [5.74, 6) is 1.84. The fourth-order valence-corrected chi connectivity index (χ4v) is 5.65. The lowest BCUT2D eigenvalue weighted by atomic mass is 9.65. The highest BCUT2D eigenvalue weighted by atomic mass is 16.5. The maximum absolute atomic E-state index is 12.4. The van der Waals surface area contributed by atoms with Crippen LogP contribution < -0.4 is 4.74 Å². The SMILES string of the molecule is COC(=O)[C@H]1C[C@@H]2C[C@H]3c4c([nH]c5ccc(OC)cc45)CCN(C2)[C@@H]13. The molecule has 4 heterocycles. The number of esters is 1. The van der Waals surface area contributed by atoms with E-state index in [9.17, 15) is 4.79 Å². The normalized spacial score (nSPS) is 33.0. The summed E-state index contributed by atoms with van der Waals surface area (Å²) in [4.78, 5) is 18.6. The van der Waals surface area contributed by atoms with Crippen molar-refractivity contribution in [3.05, 3.63) is 29.5 Å². The highest BCUT2D eigenvalue weighted by Gasteiger charge is 2.52. The number of piperidine rings is 2. The average Bonchev–Trinajstić information content (AvgIpc) is 2.97. The van der Waals surface area contributed by atoms with Crippen molar-refractivity contribution in [3.8, 4) is 5.75 Å². The number of nitrogens with one attached hydrogen (secondary N) is 1. The number of aromatic amines is 1. The first-order chi connectivity index (χ1) is 12.2. The molecule has 1 aromatic heterocycles. The van der Waals surface area contributed by atoms with Crippen LogP contribution in [-0.4, -0.2) is 49.2 Å². The van der Waals surface area contributed by atoms with Crippen molar-refractivity contribution >= 4 is 16.9 Å². The van der Waals surface area contributed by atoms with Crippen LogP contribution in [0.15, 0.2) is 18.2 Å². The predicted molar refractivity (Wildman–Crippen MR) is 94.9 cm³/mol. The molecule has 5 nitrogen and oxygen atoms in total. The molecule has 0 spiro atoms. The van der Waals surface area contributed by atoms with Crippen LogP contribution in [0, 0.1) is 11.8 Å². The number of carbonyl (C=O) groups excluding carboxylic acids is 1. The molecule has 1 N–H and O–H groups in total. The van der Waals surface area contributed by atoms with Crippen LogP contribution in [0.1, 0.15) is 30.0 Å². The molecule has 3 aliphatic heterocycles. The minimum Gasteiger partial charge on any atom is -0.497 e. The molecule has 0 radical (unpaired) electrons. The number of benzene rings is 1. The van der Waals surface area contributed by atoms with Crippen LogP contribution in [0.25, 0.3) is 10.9 Å². The van der Waals surface area contributed by atoms with Gasteiger partial charge in [0, 0.05) is 48.1 Å². The van der Waals surface area contributed by atoms with Crippen molar-refractivity contribution in [2.75, 3.05) is 27.3 Å². The summed E-state index contributed by atoms with van der Waals surface area (Å²) >= 11 is 0. The van der Waals surface area contributed by atoms with Gasteiger partial charge in [-0.25, -0.2) is 0 Å². The molecule has 132 valence electrons. The second-order valence-corrected chi connectivity index (χ2v) is 7.74. The zero-order chi connectivity index (χ0) is 17.1. The van der Waals surface area contributed by atoms with Gasteiger partial charge in [-0.15, -0.1) is 0 Å². The molecule has 4 aliphatic rings. The molecule has 6 rings (SSSR count). The van der Waals surface area contributed by atoms with Gasteiger partial charge in [-0.3, -0.25) is 9.69 Å². The second-order valence-electron chi connectivity index (χ2n) is 7.74. The summed E-state index contributed by atoms with van der Waals surface area (Å²) < 4.78 is 10.6. The van der Waals surface area contributed by atoms with Crippen LogP contribution in [0.3, 0.4) is 0 Å². The number of carbonyl (C=O) groups is 1. The van der Waals surface area contributed by atoms with Crippen LogP contribution in [-0.2, 0) is 16.0 Å². The lowest BCUT2D eigenvalue weighted by Gasteiger charge is -2.52. The number of nitrogens with zero attached hydrogens (tertiary/aromatic N) is 1. The molecule has 25 heavy (non-hydrogen) atoms. The van der Waals surface area contributed by atoms with Gasteiger partial charge in [-0.1, -0.05) is 0 Å². The van der Waals surface area contributed by atoms with Crippen LogP contribution >= 0.6 is 0 Å². The zero-order valence-electron chi connectivity index (χ0n) is 14.7. The van der Waals surface area contributed by atoms with E-state index >= 15 is 0 Å². The Morgan fingerprint density at radius 3 is 2.96 bits per heavy atom. The molecule has 2 saturated heterocycles. The van der Waals surface area contributed by atoms with Crippen LogP contribution in [0.2, 0.25) is 0 Å². The van der Waals surface area contributed by atoms with Crippen LogP contribution in [0.4, 0.5) is 0 Å². The Hall–Kier alpha value is -2.01. The highest BCUT2D eigenvalue weighted by Crippen LogP contribution is 2.51. The standard InChI is InChI=1S/C20H24N2O3/c1-24-12-3-4-16-13(9-12)18-14-7-11-8-15(20(23)25-2)19(14)22(10-11)6-5-17(18)21-16/h3-4,9,11,14-15,19,21H,5-8,10H2,1-2H3/t11-,14-,15-,19+/m0/s1. The number of ether oxygens (including phenoxy) is 2. The molecule has 1 saturated carbocycles. The molecular formula is C20H24N2O3. The Balaban J connectivity index is 1.67.